The fourth-order valence-corrected chi connectivity index (χ4v) is 2.09. The summed E-state index contributed by atoms with van der Waals surface area (Å²) in [7, 11) is 0. The highest BCUT2D eigenvalue weighted by molar-refractivity contribution is 5.68. The third-order valence-electron chi connectivity index (χ3n) is 3.06. The van der Waals surface area contributed by atoms with Gasteiger partial charge in [0, 0.05) is 25.7 Å². The Labute approximate surface area is 121 Å². The molecule has 6 nitrogen and oxygen atoms in total. The molecule has 20 heavy (non-hydrogen) atoms. The molecule has 0 aromatic carbocycles. The molecule has 1 aliphatic rings. The minimum absolute atomic E-state index is 0.0638. The SMILES string of the molecule is CC(C)(C)OC(=O)N1CCC(NCCOCCO)CC1. The average Bonchev–Trinajstić information content (AvgIpc) is 2.37. The van der Waals surface area contributed by atoms with E-state index in [-0.39, 0.29) is 12.7 Å². The summed E-state index contributed by atoms with van der Waals surface area (Å²) in [5.74, 6) is 0. The van der Waals surface area contributed by atoms with Crippen molar-refractivity contribution >= 4 is 6.09 Å². The Bertz CT molecular complexity index is 283. The van der Waals surface area contributed by atoms with Crippen LogP contribution in [0, 0.1) is 0 Å². The van der Waals surface area contributed by atoms with Gasteiger partial charge in [-0.3, -0.25) is 0 Å². The first-order valence-electron chi connectivity index (χ1n) is 7.32. The van der Waals surface area contributed by atoms with E-state index in [0.717, 1.165) is 32.5 Å². The Morgan fingerprint density at radius 3 is 2.50 bits per heavy atom. The third kappa shape index (κ3) is 7.07. The van der Waals surface area contributed by atoms with Gasteiger partial charge in [-0.05, 0) is 33.6 Å². The zero-order chi connectivity index (χ0) is 15.0. The van der Waals surface area contributed by atoms with E-state index in [1.54, 1.807) is 4.90 Å². The Hall–Kier alpha value is -0.850. The number of hydrogen-bond acceptors (Lipinski definition) is 5. The second kappa shape index (κ2) is 8.44. The summed E-state index contributed by atoms with van der Waals surface area (Å²) < 4.78 is 10.6. The van der Waals surface area contributed by atoms with Crippen molar-refractivity contribution in [3.8, 4) is 0 Å². The van der Waals surface area contributed by atoms with Crippen molar-refractivity contribution in [2.75, 3.05) is 39.5 Å². The molecule has 0 atom stereocenters. The van der Waals surface area contributed by atoms with Gasteiger partial charge in [0.2, 0.25) is 0 Å². The topological polar surface area (TPSA) is 71.0 Å². The lowest BCUT2D eigenvalue weighted by molar-refractivity contribution is 0.0195. The molecule has 0 unspecified atom stereocenters. The molecular weight excluding hydrogens is 260 g/mol. The van der Waals surface area contributed by atoms with Gasteiger partial charge in [0.25, 0.3) is 0 Å². The number of likely N-dealkylation sites (tertiary alicyclic amines) is 1. The minimum atomic E-state index is -0.434. The molecule has 0 saturated carbocycles. The van der Waals surface area contributed by atoms with Gasteiger partial charge in [-0.1, -0.05) is 0 Å². The van der Waals surface area contributed by atoms with Gasteiger partial charge < -0.3 is 24.8 Å². The zero-order valence-corrected chi connectivity index (χ0v) is 12.9. The maximum atomic E-state index is 11.9. The average molecular weight is 288 g/mol. The lowest BCUT2D eigenvalue weighted by atomic mass is 10.1. The van der Waals surface area contributed by atoms with Crippen LogP contribution in [0.2, 0.25) is 0 Å². The predicted molar refractivity (Wildman–Crippen MR) is 76.7 cm³/mol. The molecule has 1 amide bonds. The van der Waals surface area contributed by atoms with Gasteiger partial charge in [0.1, 0.15) is 5.60 Å². The summed E-state index contributed by atoms with van der Waals surface area (Å²) in [6, 6.07) is 0.423. The van der Waals surface area contributed by atoms with Crippen molar-refractivity contribution in [2.24, 2.45) is 0 Å². The molecule has 0 spiro atoms. The quantitative estimate of drug-likeness (QED) is 0.713. The first kappa shape index (κ1) is 17.2. The molecular formula is C14H28N2O4. The van der Waals surface area contributed by atoms with Crippen LogP contribution in [-0.4, -0.2) is 67.2 Å². The minimum Gasteiger partial charge on any atom is -0.444 e. The standard InChI is InChI=1S/C14H28N2O4/c1-14(2,3)20-13(18)16-7-4-12(5-8-16)15-6-10-19-11-9-17/h12,15,17H,4-11H2,1-3H3. The number of amides is 1. The van der Waals surface area contributed by atoms with Crippen LogP contribution in [0.15, 0.2) is 0 Å². The molecule has 1 rings (SSSR count). The van der Waals surface area contributed by atoms with Crippen LogP contribution in [0.5, 0.6) is 0 Å². The molecule has 0 radical (unpaired) electrons. The van der Waals surface area contributed by atoms with Gasteiger partial charge in [0.15, 0.2) is 0 Å². The maximum absolute atomic E-state index is 11.9. The van der Waals surface area contributed by atoms with Crippen molar-refractivity contribution in [1.82, 2.24) is 10.2 Å². The van der Waals surface area contributed by atoms with Gasteiger partial charge in [0.05, 0.1) is 19.8 Å². The number of ether oxygens (including phenoxy) is 2. The van der Waals surface area contributed by atoms with E-state index in [9.17, 15) is 4.79 Å². The highest BCUT2D eigenvalue weighted by Crippen LogP contribution is 2.15. The number of hydrogen-bond donors (Lipinski definition) is 2. The fraction of sp³-hybridized carbons (Fsp3) is 0.929. The van der Waals surface area contributed by atoms with Crippen LogP contribution in [0.25, 0.3) is 0 Å². The Morgan fingerprint density at radius 2 is 1.95 bits per heavy atom. The van der Waals surface area contributed by atoms with Gasteiger partial charge in [-0.25, -0.2) is 4.79 Å². The van der Waals surface area contributed by atoms with Gasteiger partial charge in [-0.2, -0.15) is 0 Å². The van der Waals surface area contributed by atoms with Crippen LogP contribution < -0.4 is 5.32 Å². The molecule has 118 valence electrons. The van der Waals surface area contributed by atoms with Crippen LogP contribution >= 0.6 is 0 Å². The molecule has 1 heterocycles. The zero-order valence-electron chi connectivity index (χ0n) is 12.9. The maximum Gasteiger partial charge on any atom is 0.410 e. The number of carbonyl (C=O) groups is 1. The Morgan fingerprint density at radius 1 is 1.30 bits per heavy atom. The molecule has 2 N–H and O–H groups in total. The number of carbonyl (C=O) groups excluding carboxylic acids is 1. The Balaban J connectivity index is 2.15. The summed E-state index contributed by atoms with van der Waals surface area (Å²) >= 11 is 0. The summed E-state index contributed by atoms with van der Waals surface area (Å²) in [4.78, 5) is 13.7. The van der Waals surface area contributed by atoms with E-state index in [2.05, 4.69) is 5.32 Å². The van der Waals surface area contributed by atoms with Crippen molar-refractivity contribution in [3.05, 3.63) is 0 Å². The monoisotopic (exact) mass is 288 g/mol. The van der Waals surface area contributed by atoms with E-state index in [1.807, 2.05) is 20.8 Å². The summed E-state index contributed by atoms with van der Waals surface area (Å²) in [5.41, 5.74) is -0.434. The summed E-state index contributed by atoms with van der Waals surface area (Å²) in [5, 5.41) is 12.0. The van der Waals surface area contributed by atoms with Crippen LogP contribution in [0.4, 0.5) is 4.79 Å². The molecule has 1 aliphatic heterocycles. The molecule has 6 heteroatoms. The first-order valence-corrected chi connectivity index (χ1v) is 7.32. The number of nitrogens with one attached hydrogen (secondary N) is 1. The lowest BCUT2D eigenvalue weighted by Gasteiger charge is -2.33. The molecule has 0 aliphatic carbocycles. The smallest absolute Gasteiger partial charge is 0.410 e. The van der Waals surface area contributed by atoms with Gasteiger partial charge in [-0.15, -0.1) is 0 Å². The molecule has 1 saturated heterocycles. The van der Waals surface area contributed by atoms with Crippen molar-refractivity contribution in [3.63, 3.8) is 0 Å². The summed E-state index contributed by atoms with van der Waals surface area (Å²) in [6.07, 6.45) is 1.64. The largest absolute Gasteiger partial charge is 0.444 e. The predicted octanol–water partition coefficient (Wildman–Crippen LogP) is 0.984. The van der Waals surface area contributed by atoms with E-state index in [0.29, 0.717) is 19.3 Å². The highest BCUT2D eigenvalue weighted by atomic mass is 16.6. The van der Waals surface area contributed by atoms with Crippen molar-refractivity contribution in [1.29, 1.82) is 0 Å². The van der Waals surface area contributed by atoms with Crippen LogP contribution in [-0.2, 0) is 9.47 Å². The van der Waals surface area contributed by atoms with Crippen molar-refractivity contribution < 1.29 is 19.4 Å². The third-order valence-corrected chi connectivity index (χ3v) is 3.06. The molecule has 1 fully saturated rings. The number of nitrogens with zero attached hydrogens (tertiary/aromatic N) is 1. The van der Waals surface area contributed by atoms with Crippen molar-refractivity contribution in [2.45, 2.75) is 45.3 Å². The number of aliphatic hydroxyl groups is 1. The fourth-order valence-electron chi connectivity index (χ4n) is 2.09. The second-order valence-electron chi connectivity index (χ2n) is 6.03. The van der Waals surface area contributed by atoms with E-state index in [1.165, 1.54) is 0 Å². The van der Waals surface area contributed by atoms with Crippen LogP contribution in [0.1, 0.15) is 33.6 Å². The highest BCUT2D eigenvalue weighted by Gasteiger charge is 2.26. The second-order valence-corrected chi connectivity index (χ2v) is 6.03. The van der Waals surface area contributed by atoms with E-state index < -0.39 is 5.60 Å². The summed E-state index contributed by atoms with van der Waals surface area (Å²) in [6.45, 7) is 8.92. The van der Waals surface area contributed by atoms with E-state index in [4.69, 9.17) is 14.6 Å². The lowest BCUT2D eigenvalue weighted by Crippen LogP contribution is -2.47. The number of piperidine rings is 1. The van der Waals surface area contributed by atoms with Gasteiger partial charge >= 0.3 is 6.09 Å². The molecule has 0 aromatic heterocycles. The normalized spacial score (nSPS) is 17.3. The molecule has 0 bridgehead atoms. The van der Waals surface area contributed by atoms with Crippen LogP contribution in [0.3, 0.4) is 0 Å². The number of aliphatic hydroxyl groups excluding tert-OH is 1. The van der Waals surface area contributed by atoms with E-state index >= 15 is 0 Å². The number of rotatable bonds is 6. The first-order chi connectivity index (χ1) is 9.42. The molecule has 0 aromatic rings. The Kier molecular flexibility index (Phi) is 7.26.